The number of imide groups is 1. The minimum atomic E-state index is -0.554. The van der Waals surface area contributed by atoms with Crippen LogP contribution in [-0.4, -0.2) is 77.0 Å². The van der Waals surface area contributed by atoms with Crippen LogP contribution in [0.3, 0.4) is 0 Å². The fourth-order valence-electron chi connectivity index (χ4n) is 4.62. The third-order valence-corrected chi connectivity index (χ3v) is 7.71. The number of likely N-dealkylation sites (tertiary alicyclic amines) is 1. The van der Waals surface area contributed by atoms with Crippen LogP contribution in [0.25, 0.3) is 0 Å². The number of hydrogen-bond acceptors (Lipinski definition) is 6. The zero-order valence-electron chi connectivity index (χ0n) is 18.4. The third kappa shape index (κ3) is 4.62. The van der Waals surface area contributed by atoms with Crippen molar-refractivity contribution in [3.63, 3.8) is 0 Å². The number of nitrogens with zero attached hydrogens (tertiary/aromatic N) is 3. The Morgan fingerprint density at radius 2 is 1.72 bits per heavy atom. The van der Waals surface area contributed by atoms with Crippen molar-refractivity contribution in [2.45, 2.75) is 43.4 Å². The highest BCUT2D eigenvalue weighted by Crippen LogP contribution is 2.34. The molecule has 3 aliphatic rings. The van der Waals surface area contributed by atoms with E-state index in [9.17, 15) is 18.8 Å². The van der Waals surface area contributed by atoms with Gasteiger partial charge in [-0.1, -0.05) is 25.0 Å². The van der Waals surface area contributed by atoms with E-state index in [1.54, 1.807) is 19.2 Å². The van der Waals surface area contributed by atoms with Crippen LogP contribution < -0.4 is 10.6 Å². The Hall–Kier alpha value is -2.17. The maximum absolute atomic E-state index is 13.4. The van der Waals surface area contributed by atoms with Gasteiger partial charge in [-0.15, -0.1) is 11.8 Å². The fraction of sp³-hybridized carbons (Fsp3) is 0.591. The number of thioether (sulfide) groups is 1. The molecule has 1 aromatic carbocycles. The summed E-state index contributed by atoms with van der Waals surface area (Å²) in [5.41, 5.74) is 0.793. The maximum Gasteiger partial charge on any atom is 0.327 e. The van der Waals surface area contributed by atoms with Crippen LogP contribution >= 0.6 is 11.8 Å². The highest BCUT2D eigenvalue weighted by atomic mass is 32.2. The maximum atomic E-state index is 13.4. The second-order valence-electron chi connectivity index (χ2n) is 8.61. The number of halogens is 1. The molecule has 4 atom stereocenters. The summed E-state index contributed by atoms with van der Waals surface area (Å²) < 4.78 is 13.4. The lowest BCUT2D eigenvalue weighted by Crippen LogP contribution is -2.72. The Morgan fingerprint density at radius 3 is 2.38 bits per heavy atom. The van der Waals surface area contributed by atoms with Crippen molar-refractivity contribution in [3.8, 4) is 0 Å². The highest BCUT2D eigenvalue weighted by molar-refractivity contribution is 8.00. The molecule has 3 saturated heterocycles. The van der Waals surface area contributed by atoms with Gasteiger partial charge in [-0.2, -0.15) is 0 Å². The fourth-order valence-corrected chi connectivity index (χ4v) is 5.83. The normalized spacial score (nSPS) is 29.0. The van der Waals surface area contributed by atoms with Gasteiger partial charge in [-0.05, 0) is 30.5 Å². The van der Waals surface area contributed by atoms with Crippen molar-refractivity contribution < 1.29 is 18.8 Å². The van der Waals surface area contributed by atoms with Gasteiger partial charge in [0.1, 0.15) is 5.82 Å². The van der Waals surface area contributed by atoms with Gasteiger partial charge >= 0.3 is 6.03 Å². The Balaban J connectivity index is 1.54. The summed E-state index contributed by atoms with van der Waals surface area (Å²) in [5.74, 6) is -0.839. The number of hydrogen-bond donors (Lipinski definition) is 2. The van der Waals surface area contributed by atoms with E-state index < -0.39 is 23.6 Å². The lowest BCUT2D eigenvalue weighted by molar-refractivity contribution is -0.140. The standard InChI is InChI=1S/C22H30FN5O3S/c1-26-19-17(21(30)27(2)22(26)31)20(25-18(24-19)14-7-9-15(23)10-8-14)32-13-16(29)28-11-5-3-4-6-12-28/h7-10,17-20,24-25H,3-6,11-13H2,1-2H3. The summed E-state index contributed by atoms with van der Waals surface area (Å²) in [6.07, 6.45) is 3.42. The topological polar surface area (TPSA) is 85.0 Å². The molecule has 0 radical (unpaired) electrons. The van der Waals surface area contributed by atoms with E-state index in [1.807, 2.05) is 4.90 Å². The zero-order valence-corrected chi connectivity index (χ0v) is 19.2. The Kier molecular flexibility index (Phi) is 7.02. The van der Waals surface area contributed by atoms with Crippen LogP contribution in [0.4, 0.5) is 9.18 Å². The van der Waals surface area contributed by atoms with Gasteiger partial charge in [0.15, 0.2) is 0 Å². The summed E-state index contributed by atoms with van der Waals surface area (Å²) in [7, 11) is 3.14. The molecular weight excluding hydrogens is 433 g/mol. The van der Waals surface area contributed by atoms with E-state index in [1.165, 1.54) is 35.8 Å². The SMILES string of the molecule is CN1C(=O)C2C(SCC(=O)N3CCCCCC3)NC(c3ccc(F)cc3)NC2N(C)C1=O. The molecule has 2 N–H and O–H groups in total. The molecule has 0 aliphatic carbocycles. The van der Waals surface area contributed by atoms with Crippen LogP contribution in [0, 0.1) is 11.7 Å². The van der Waals surface area contributed by atoms with E-state index >= 15 is 0 Å². The molecule has 32 heavy (non-hydrogen) atoms. The number of carbonyl (C=O) groups is 3. The van der Waals surface area contributed by atoms with Gasteiger partial charge in [0.05, 0.1) is 29.4 Å². The van der Waals surface area contributed by atoms with E-state index in [0.717, 1.165) is 49.2 Å². The first kappa shape index (κ1) is 23.0. The lowest BCUT2D eigenvalue weighted by Gasteiger charge is -2.50. The largest absolute Gasteiger partial charge is 0.342 e. The Morgan fingerprint density at radius 1 is 1.06 bits per heavy atom. The van der Waals surface area contributed by atoms with Crippen molar-refractivity contribution in [3.05, 3.63) is 35.6 Å². The van der Waals surface area contributed by atoms with Gasteiger partial charge in [-0.3, -0.25) is 25.1 Å². The molecule has 0 spiro atoms. The molecule has 0 saturated carbocycles. The molecule has 4 rings (SSSR count). The lowest BCUT2D eigenvalue weighted by atomic mass is 9.96. The summed E-state index contributed by atoms with van der Waals surface area (Å²) in [4.78, 5) is 43.0. The number of benzene rings is 1. The Labute approximate surface area is 191 Å². The second kappa shape index (κ2) is 9.76. The summed E-state index contributed by atoms with van der Waals surface area (Å²) in [6, 6.07) is 5.72. The molecule has 0 aromatic heterocycles. The number of amides is 4. The molecule has 8 nitrogen and oxygen atoms in total. The average Bonchev–Trinajstić information content (AvgIpc) is 3.09. The zero-order chi connectivity index (χ0) is 22.8. The molecule has 3 aliphatic heterocycles. The number of urea groups is 1. The van der Waals surface area contributed by atoms with Gasteiger partial charge in [0.25, 0.3) is 0 Å². The van der Waals surface area contributed by atoms with Crippen molar-refractivity contribution in [1.29, 1.82) is 0 Å². The first-order valence-corrected chi connectivity index (χ1v) is 12.1. The quantitative estimate of drug-likeness (QED) is 0.710. The third-order valence-electron chi connectivity index (χ3n) is 6.50. The Bertz CT molecular complexity index is 862. The van der Waals surface area contributed by atoms with Crippen molar-refractivity contribution in [1.82, 2.24) is 25.3 Å². The van der Waals surface area contributed by atoms with E-state index in [-0.39, 0.29) is 29.4 Å². The van der Waals surface area contributed by atoms with Crippen LogP contribution in [-0.2, 0) is 9.59 Å². The summed E-state index contributed by atoms with van der Waals surface area (Å²) in [5, 5.41) is 6.35. The van der Waals surface area contributed by atoms with Crippen LogP contribution in [0.15, 0.2) is 24.3 Å². The van der Waals surface area contributed by atoms with Crippen molar-refractivity contribution in [2.24, 2.45) is 5.92 Å². The predicted octanol–water partition coefficient (Wildman–Crippen LogP) is 1.95. The number of fused-ring (bicyclic) bond motifs is 1. The number of carbonyl (C=O) groups excluding carboxylic acids is 3. The van der Waals surface area contributed by atoms with E-state index in [2.05, 4.69) is 10.6 Å². The molecule has 0 bridgehead atoms. The summed E-state index contributed by atoms with van der Waals surface area (Å²) >= 11 is 1.40. The van der Waals surface area contributed by atoms with Crippen LogP contribution in [0.1, 0.15) is 37.4 Å². The van der Waals surface area contributed by atoms with Crippen molar-refractivity contribution in [2.75, 3.05) is 32.9 Å². The number of rotatable bonds is 4. The van der Waals surface area contributed by atoms with Crippen LogP contribution in [0.2, 0.25) is 0 Å². The molecule has 3 heterocycles. The molecule has 10 heteroatoms. The van der Waals surface area contributed by atoms with Gasteiger partial charge in [-0.25, -0.2) is 9.18 Å². The van der Waals surface area contributed by atoms with E-state index in [4.69, 9.17) is 0 Å². The highest BCUT2D eigenvalue weighted by Gasteiger charge is 2.51. The predicted molar refractivity (Wildman–Crippen MR) is 120 cm³/mol. The van der Waals surface area contributed by atoms with E-state index in [0.29, 0.717) is 0 Å². The molecule has 4 unspecified atom stereocenters. The number of nitrogens with one attached hydrogen (secondary N) is 2. The summed E-state index contributed by atoms with van der Waals surface area (Å²) in [6.45, 7) is 1.56. The first-order chi connectivity index (χ1) is 15.4. The molecule has 4 amide bonds. The first-order valence-electron chi connectivity index (χ1n) is 11.1. The van der Waals surface area contributed by atoms with Gasteiger partial charge < -0.3 is 9.80 Å². The second-order valence-corrected chi connectivity index (χ2v) is 9.74. The minimum absolute atomic E-state index is 0.0770. The molecule has 174 valence electrons. The van der Waals surface area contributed by atoms with Crippen LogP contribution in [0.5, 0.6) is 0 Å². The minimum Gasteiger partial charge on any atom is -0.342 e. The average molecular weight is 464 g/mol. The molecule has 1 aromatic rings. The monoisotopic (exact) mass is 463 g/mol. The van der Waals surface area contributed by atoms with Crippen molar-refractivity contribution >= 4 is 29.6 Å². The van der Waals surface area contributed by atoms with Gasteiger partial charge in [0.2, 0.25) is 11.8 Å². The smallest absolute Gasteiger partial charge is 0.327 e. The molecule has 3 fully saturated rings. The molecular formula is C22H30FN5O3S. The van der Waals surface area contributed by atoms with Gasteiger partial charge in [0, 0.05) is 27.2 Å².